The van der Waals surface area contributed by atoms with Crippen LogP contribution in [-0.2, 0) is 5.41 Å². The Morgan fingerprint density at radius 2 is 0.872 bits per heavy atom. The standard InChI is InChI=1S/C46H29N/c1-2-13-30(14-3-1)34-28-43(33-26-25-31-15-4-5-16-32(31)27-33)47-44(29-34)38-20-12-24-42-45(38)37-19-8-11-23-41(37)46(42)39-21-9-6-17-35(39)36-18-7-10-22-40(36)46/h1-29H. The van der Waals surface area contributed by atoms with E-state index in [1.54, 1.807) is 0 Å². The fourth-order valence-corrected chi connectivity index (χ4v) is 8.32. The Kier molecular flexibility index (Phi) is 5.56. The van der Waals surface area contributed by atoms with Gasteiger partial charge in [-0.3, -0.25) is 0 Å². The zero-order valence-corrected chi connectivity index (χ0v) is 25.7. The van der Waals surface area contributed by atoms with Crippen molar-refractivity contribution in [2.75, 3.05) is 0 Å². The van der Waals surface area contributed by atoms with Crippen molar-refractivity contribution in [3.8, 4) is 55.9 Å². The maximum absolute atomic E-state index is 5.46. The molecule has 0 N–H and O–H groups in total. The fraction of sp³-hybridized carbons (Fsp3) is 0.0217. The number of nitrogens with zero attached hydrogens (tertiary/aromatic N) is 1. The summed E-state index contributed by atoms with van der Waals surface area (Å²) >= 11 is 0. The Morgan fingerprint density at radius 3 is 1.62 bits per heavy atom. The highest BCUT2D eigenvalue weighted by atomic mass is 14.7. The number of aromatic nitrogens is 1. The van der Waals surface area contributed by atoms with E-state index >= 15 is 0 Å². The second kappa shape index (κ2) is 9.97. The maximum atomic E-state index is 5.46. The molecule has 0 fully saturated rings. The number of fused-ring (bicyclic) bond motifs is 11. The first-order valence-corrected chi connectivity index (χ1v) is 16.3. The van der Waals surface area contributed by atoms with Crippen molar-refractivity contribution < 1.29 is 0 Å². The molecule has 0 aliphatic heterocycles. The van der Waals surface area contributed by atoms with Crippen LogP contribution in [0.25, 0.3) is 66.7 Å². The molecule has 2 aliphatic rings. The second-order valence-corrected chi connectivity index (χ2v) is 12.7. The highest BCUT2D eigenvalue weighted by Gasteiger charge is 2.52. The molecule has 0 bridgehead atoms. The summed E-state index contributed by atoms with van der Waals surface area (Å²) < 4.78 is 0. The molecule has 1 heteroatoms. The van der Waals surface area contributed by atoms with E-state index in [1.807, 2.05) is 0 Å². The third kappa shape index (κ3) is 3.69. The molecule has 1 heterocycles. The quantitative estimate of drug-likeness (QED) is 0.198. The summed E-state index contributed by atoms with van der Waals surface area (Å²) in [6.45, 7) is 0. The van der Waals surface area contributed by atoms with Crippen molar-refractivity contribution in [2.45, 2.75) is 5.41 Å². The zero-order valence-electron chi connectivity index (χ0n) is 25.7. The minimum atomic E-state index is -0.382. The van der Waals surface area contributed by atoms with Gasteiger partial charge in [-0.15, -0.1) is 0 Å². The number of rotatable bonds is 3. The van der Waals surface area contributed by atoms with Crippen molar-refractivity contribution in [3.63, 3.8) is 0 Å². The van der Waals surface area contributed by atoms with Crippen LogP contribution in [0.15, 0.2) is 176 Å². The van der Waals surface area contributed by atoms with Crippen LogP contribution >= 0.6 is 0 Å². The summed E-state index contributed by atoms with van der Waals surface area (Å²) in [5.74, 6) is 0. The summed E-state index contributed by atoms with van der Waals surface area (Å²) in [6.07, 6.45) is 0. The first-order valence-electron chi connectivity index (χ1n) is 16.3. The minimum absolute atomic E-state index is 0.382. The normalized spacial score (nSPS) is 13.3. The van der Waals surface area contributed by atoms with Crippen LogP contribution in [0.3, 0.4) is 0 Å². The Bertz CT molecular complexity index is 2480. The largest absolute Gasteiger partial charge is 0.248 e. The summed E-state index contributed by atoms with van der Waals surface area (Å²) in [6, 6.07) is 64.2. The molecule has 1 nitrogen and oxygen atoms in total. The Balaban J connectivity index is 1.27. The molecule has 0 atom stereocenters. The molecule has 218 valence electrons. The SMILES string of the molecule is c1ccc(-c2cc(-c3ccc4ccccc4c3)nc(-c3cccc4c3-c3ccccc3C43c4ccccc4-c4ccccc43)c2)cc1. The molecule has 47 heavy (non-hydrogen) atoms. The van der Waals surface area contributed by atoms with Gasteiger partial charge in [0.15, 0.2) is 0 Å². The average Bonchev–Trinajstić information content (AvgIpc) is 3.62. The van der Waals surface area contributed by atoms with Gasteiger partial charge in [-0.25, -0.2) is 4.98 Å². The first-order chi connectivity index (χ1) is 23.3. The van der Waals surface area contributed by atoms with Gasteiger partial charge >= 0.3 is 0 Å². The molecule has 8 aromatic rings. The summed E-state index contributed by atoms with van der Waals surface area (Å²) in [5, 5.41) is 2.45. The first kappa shape index (κ1) is 26.2. The molecule has 0 radical (unpaired) electrons. The predicted molar refractivity (Wildman–Crippen MR) is 194 cm³/mol. The van der Waals surface area contributed by atoms with Gasteiger partial charge in [0.25, 0.3) is 0 Å². The zero-order chi connectivity index (χ0) is 31.0. The second-order valence-electron chi connectivity index (χ2n) is 12.7. The van der Waals surface area contributed by atoms with Crippen molar-refractivity contribution in [3.05, 3.63) is 198 Å². The van der Waals surface area contributed by atoms with Crippen LogP contribution in [0.2, 0.25) is 0 Å². The molecule has 2 aliphatic carbocycles. The molecule has 1 spiro atoms. The lowest BCUT2D eigenvalue weighted by Gasteiger charge is -2.30. The lowest BCUT2D eigenvalue weighted by atomic mass is 9.70. The van der Waals surface area contributed by atoms with Crippen LogP contribution in [0.4, 0.5) is 0 Å². The molecule has 7 aromatic carbocycles. The summed E-state index contributed by atoms with van der Waals surface area (Å²) in [5.41, 5.74) is 16.8. The van der Waals surface area contributed by atoms with Gasteiger partial charge in [-0.05, 0) is 84.6 Å². The van der Waals surface area contributed by atoms with Gasteiger partial charge in [-0.1, -0.05) is 158 Å². The monoisotopic (exact) mass is 595 g/mol. The van der Waals surface area contributed by atoms with Crippen molar-refractivity contribution >= 4 is 10.8 Å². The number of pyridine rings is 1. The topological polar surface area (TPSA) is 12.9 Å². The van der Waals surface area contributed by atoms with Gasteiger partial charge in [0.2, 0.25) is 0 Å². The van der Waals surface area contributed by atoms with Gasteiger partial charge in [-0.2, -0.15) is 0 Å². The van der Waals surface area contributed by atoms with Crippen LogP contribution in [0.1, 0.15) is 22.3 Å². The van der Waals surface area contributed by atoms with Gasteiger partial charge in [0, 0.05) is 11.1 Å². The molecule has 0 amide bonds. The van der Waals surface area contributed by atoms with E-state index in [4.69, 9.17) is 4.98 Å². The molecule has 0 saturated carbocycles. The van der Waals surface area contributed by atoms with Crippen LogP contribution in [-0.4, -0.2) is 4.98 Å². The number of hydrogen-bond acceptors (Lipinski definition) is 1. The summed E-state index contributed by atoms with van der Waals surface area (Å²) in [7, 11) is 0. The smallest absolute Gasteiger partial charge is 0.0725 e. The van der Waals surface area contributed by atoms with Crippen LogP contribution < -0.4 is 0 Å². The molecule has 0 saturated heterocycles. The Hall–Kier alpha value is -6.05. The fourth-order valence-electron chi connectivity index (χ4n) is 8.32. The van der Waals surface area contributed by atoms with Gasteiger partial charge in [0.1, 0.15) is 0 Å². The average molecular weight is 596 g/mol. The van der Waals surface area contributed by atoms with E-state index in [0.29, 0.717) is 0 Å². The highest BCUT2D eigenvalue weighted by Crippen LogP contribution is 2.63. The van der Waals surface area contributed by atoms with E-state index < -0.39 is 0 Å². The minimum Gasteiger partial charge on any atom is -0.248 e. The molecular formula is C46H29N. The Morgan fingerprint density at radius 1 is 0.319 bits per heavy atom. The van der Waals surface area contributed by atoms with Crippen molar-refractivity contribution in [2.24, 2.45) is 0 Å². The van der Waals surface area contributed by atoms with E-state index in [1.165, 1.54) is 60.8 Å². The van der Waals surface area contributed by atoms with Gasteiger partial charge < -0.3 is 0 Å². The predicted octanol–water partition coefficient (Wildman–Crippen LogP) is 11.6. The lowest BCUT2D eigenvalue weighted by Crippen LogP contribution is -2.25. The van der Waals surface area contributed by atoms with Crippen molar-refractivity contribution in [1.82, 2.24) is 4.98 Å². The molecule has 10 rings (SSSR count). The van der Waals surface area contributed by atoms with E-state index in [0.717, 1.165) is 28.1 Å². The van der Waals surface area contributed by atoms with Crippen molar-refractivity contribution in [1.29, 1.82) is 0 Å². The number of benzene rings is 7. The van der Waals surface area contributed by atoms with Crippen LogP contribution in [0, 0.1) is 0 Å². The van der Waals surface area contributed by atoms with Crippen LogP contribution in [0.5, 0.6) is 0 Å². The van der Waals surface area contributed by atoms with E-state index in [-0.39, 0.29) is 5.41 Å². The lowest BCUT2D eigenvalue weighted by molar-refractivity contribution is 0.794. The maximum Gasteiger partial charge on any atom is 0.0725 e. The number of hydrogen-bond donors (Lipinski definition) is 0. The molecular weight excluding hydrogens is 567 g/mol. The summed E-state index contributed by atoms with van der Waals surface area (Å²) in [4.78, 5) is 5.46. The third-order valence-electron chi connectivity index (χ3n) is 10.3. The Labute approximate surface area is 274 Å². The van der Waals surface area contributed by atoms with E-state index in [2.05, 4.69) is 176 Å². The van der Waals surface area contributed by atoms with Gasteiger partial charge in [0.05, 0.1) is 16.8 Å². The van der Waals surface area contributed by atoms with E-state index in [9.17, 15) is 0 Å². The molecule has 0 unspecified atom stereocenters. The third-order valence-corrected chi connectivity index (χ3v) is 10.3. The molecule has 1 aromatic heterocycles. The highest BCUT2D eigenvalue weighted by molar-refractivity contribution is 6.00.